The van der Waals surface area contributed by atoms with Crippen LogP contribution in [0.25, 0.3) is 0 Å². The number of hydrogen-bond donors (Lipinski definition) is 3. The van der Waals surface area contributed by atoms with Crippen molar-refractivity contribution in [2.75, 3.05) is 5.73 Å². The van der Waals surface area contributed by atoms with Crippen LogP contribution in [0.2, 0.25) is 0 Å². The van der Waals surface area contributed by atoms with Gasteiger partial charge in [0.05, 0.1) is 16.9 Å². The normalized spacial score (nSPS) is 15.1. The van der Waals surface area contributed by atoms with Gasteiger partial charge in [-0.05, 0) is 99.8 Å². The van der Waals surface area contributed by atoms with Gasteiger partial charge >= 0.3 is 20.8 Å². The summed E-state index contributed by atoms with van der Waals surface area (Å²) in [5, 5.41) is 12.6. The minimum absolute atomic E-state index is 0.0200. The van der Waals surface area contributed by atoms with Crippen LogP contribution >= 0.6 is 8.69 Å². The molecule has 0 aromatic heterocycles. The molecule has 1 unspecified atom stereocenters. The van der Waals surface area contributed by atoms with Crippen LogP contribution in [0, 0.1) is 0 Å². The number of nitrogens with one attached hydrogen (secondary N) is 1. The number of carbonyl (C=O) groups is 1. The smallest absolute Gasteiger partial charge is 0.408 e. The minimum Gasteiger partial charge on any atom is -0.506 e. The van der Waals surface area contributed by atoms with E-state index in [1.807, 2.05) is 0 Å². The van der Waals surface area contributed by atoms with Gasteiger partial charge in [0.2, 0.25) is 0 Å². The van der Waals surface area contributed by atoms with Crippen LogP contribution in [0.5, 0.6) is 5.75 Å². The molecule has 1 rings (SSSR count). The second kappa shape index (κ2) is 10.8. The Morgan fingerprint density at radius 1 is 0.971 bits per heavy atom. The molecule has 1 atom stereocenters. The van der Waals surface area contributed by atoms with Crippen LogP contribution in [0.3, 0.4) is 0 Å². The van der Waals surface area contributed by atoms with Crippen molar-refractivity contribution in [1.82, 2.24) is 5.32 Å². The van der Waals surface area contributed by atoms with Crippen LogP contribution in [0.1, 0.15) is 81.2 Å². The Hall–Kier alpha value is -1.93. The lowest BCUT2D eigenvalue weighted by Crippen LogP contribution is -2.69. The zero-order valence-corrected chi connectivity index (χ0v) is 23.0. The molecule has 0 aliphatic rings. The molecule has 1 aromatic carbocycles. The second-order valence-electron chi connectivity index (χ2n) is 11.5. The molecule has 9 nitrogen and oxygen atoms in total. The van der Waals surface area contributed by atoms with E-state index in [1.54, 1.807) is 81.4 Å². The fourth-order valence-electron chi connectivity index (χ4n) is 3.21. The van der Waals surface area contributed by atoms with Crippen molar-refractivity contribution in [3.05, 3.63) is 23.8 Å². The lowest BCUT2D eigenvalue weighted by molar-refractivity contribution is -0.423. The van der Waals surface area contributed by atoms with Gasteiger partial charge in [-0.1, -0.05) is 6.07 Å². The first-order chi connectivity index (χ1) is 15.2. The Balaban J connectivity index is 3.59. The maximum atomic E-state index is 12.9. The third-order valence-electron chi connectivity index (χ3n) is 4.50. The molecule has 1 amide bonds. The molecule has 0 fully saturated rings. The maximum absolute atomic E-state index is 12.9. The van der Waals surface area contributed by atoms with Gasteiger partial charge in [0.1, 0.15) is 16.9 Å². The first-order valence-corrected chi connectivity index (χ1v) is 11.9. The van der Waals surface area contributed by atoms with Gasteiger partial charge in [-0.3, -0.25) is 0 Å². The average Bonchev–Trinajstić information content (AvgIpc) is 2.58. The number of amides is 1. The molecule has 0 radical (unpaired) electrons. The van der Waals surface area contributed by atoms with E-state index >= 15 is 0 Å². The molecule has 10 heteroatoms. The summed E-state index contributed by atoms with van der Waals surface area (Å²) in [7, 11) is -0.700. The third-order valence-corrected chi connectivity index (χ3v) is 4.81. The highest BCUT2D eigenvalue weighted by Gasteiger charge is 2.58. The summed E-state index contributed by atoms with van der Waals surface area (Å²) >= 11 is 0. The lowest BCUT2D eigenvalue weighted by atomic mass is 9.89. The Morgan fingerprint density at radius 2 is 1.50 bits per heavy atom. The fourth-order valence-corrected chi connectivity index (χ4v) is 3.59. The minimum atomic E-state index is -1.97. The van der Waals surface area contributed by atoms with E-state index in [9.17, 15) is 14.5 Å². The highest BCUT2D eigenvalue weighted by atomic mass is 31.1. The molecule has 194 valence electrons. The van der Waals surface area contributed by atoms with Crippen LogP contribution in [0.15, 0.2) is 18.2 Å². The van der Waals surface area contributed by atoms with Crippen molar-refractivity contribution < 1.29 is 33.2 Å². The molecule has 4 N–H and O–H groups in total. The molecule has 0 heterocycles. The van der Waals surface area contributed by atoms with Gasteiger partial charge in [-0.25, -0.2) is 13.9 Å². The molecule has 0 saturated carbocycles. The van der Waals surface area contributed by atoms with E-state index in [-0.39, 0.29) is 17.9 Å². The summed E-state index contributed by atoms with van der Waals surface area (Å²) in [6.45, 7) is 17.7. The van der Waals surface area contributed by atoms with Crippen LogP contribution in [-0.4, -0.2) is 39.5 Å². The number of hydrogen-bond acceptors (Lipinski definition) is 8. The first kappa shape index (κ1) is 30.1. The van der Waals surface area contributed by atoms with E-state index in [2.05, 4.69) is 5.32 Å². The summed E-state index contributed by atoms with van der Waals surface area (Å²) in [4.78, 5) is 12.9. The predicted molar refractivity (Wildman–Crippen MR) is 132 cm³/mol. The zero-order valence-electron chi connectivity index (χ0n) is 22.1. The summed E-state index contributed by atoms with van der Waals surface area (Å²) in [5.41, 5.74) is 3.12. The number of phenolic OH excluding ortho intramolecular Hbond substituents is 1. The van der Waals surface area contributed by atoms with Gasteiger partial charge in [-0.2, -0.15) is 0 Å². The molecule has 0 bridgehead atoms. The number of benzene rings is 1. The lowest BCUT2D eigenvalue weighted by Gasteiger charge is -2.50. The second-order valence-corrected chi connectivity index (χ2v) is 11.8. The number of alkyl carbamates (subject to hydrolysis) is 1. The van der Waals surface area contributed by atoms with Crippen molar-refractivity contribution in [3.8, 4) is 5.75 Å². The van der Waals surface area contributed by atoms with Crippen molar-refractivity contribution in [1.29, 1.82) is 0 Å². The van der Waals surface area contributed by atoms with Gasteiger partial charge < -0.3 is 30.4 Å². The number of nitrogen functional groups attached to an aromatic ring is 1. The highest BCUT2D eigenvalue weighted by Crippen LogP contribution is 2.42. The standard InChI is InChI=1S/C24H41N2O7P/c1-20(2,3)30-19(28)26-23(10,14-13-16-11-12-18(27)17(25)15-16)24(33-34-29,31-21(4,5)6)32-22(7,8)9/h11-12,15,27H,13-14,25H2,1-10H3,(H,26,28). The topological polar surface area (TPSA) is 129 Å². The van der Waals surface area contributed by atoms with Crippen molar-refractivity contribution in [2.45, 2.75) is 110 Å². The van der Waals surface area contributed by atoms with Crippen molar-refractivity contribution in [3.63, 3.8) is 0 Å². The number of anilines is 1. The number of nitrogens with two attached hydrogens (primary N) is 1. The van der Waals surface area contributed by atoms with E-state index < -0.39 is 43.1 Å². The Labute approximate surface area is 205 Å². The van der Waals surface area contributed by atoms with Crippen LogP contribution in [-0.2, 0) is 29.7 Å². The van der Waals surface area contributed by atoms with Crippen molar-refractivity contribution in [2.24, 2.45) is 0 Å². The summed E-state index contributed by atoms with van der Waals surface area (Å²) in [6, 6.07) is 4.87. The molecular weight excluding hydrogens is 459 g/mol. The molecular formula is C24H41N2O7P. The number of ether oxygens (including phenoxy) is 3. The quantitative estimate of drug-likeness (QED) is 0.170. The van der Waals surface area contributed by atoms with Gasteiger partial charge in [0.15, 0.2) is 0 Å². The van der Waals surface area contributed by atoms with Crippen LogP contribution < -0.4 is 11.1 Å². The Morgan fingerprint density at radius 3 is 1.91 bits per heavy atom. The van der Waals surface area contributed by atoms with E-state index in [1.165, 1.54) is 6.07 Å². The van der Waals surface area contributed by atoms with Crippen molar-refractivity contribution >= 4 is 20.5 Å². The molecule has 0 spiro atoms. The number of carbonyl (C=O) groups excluding carboxylic acids is 1. The van der Waals surface area contributed by atoms with Crippen LogP contribution in [0.4, 0.5) is 10.5 Å². The van der Waals surface area contributed by atoms with Gasteiger partial charge in [-0.15, -0.1) is 0 Å². The molecule has 0 aliphatic carbocycles. The van der Waals surface area contributed by atoms with Gasteiger partial charge in [0.25, 0.3) is 0 Å². The number of phenols is 1. The third kappa shape index (κ3) is 9.37. The molecule has 34 heavy (non-hydrogen) atoms. The summed E-state index contributed by atoms with van der Waals surface area (Å²) < 4.78 is 35.6. The highest BCUT2D eigenvalue weighted by molar-refractivity contribution is 7.17. The molecule has 0 saturated heterocycles. The average molecular weight is 501 g/mol. The van der Waals surface area contributed by atoms with Gasteiger partial charge in [0, 0.05) is 0 Å². The summed E-state index contributed by atoms with van der Waals surface area (Å²) in [5.74, 6) is -1.99. The maximum Gasteiger partial charge on any atom is 0.408 e. The fraction of sp³-hybridized carbons (Fsp3) is 0.708. The monoisotopic (exact) mass is 500 g/mol. The Bertz CT molecular complexity index is 840. The largest absolute Gasteiger partial charge is 0.506 e. The van der Waals surface area contributed by atoms with E-state index in [0.29, 0.717) is 6.42 Å². The predicted octanol–water partition coefficient (Wildman–Crippen LogP) is 5.70. The number of aromatic hydroxyl groups is 1. The molecule has 1 aromatic rings. The molecule has 0 aliphatic heterocycles. The number of rotatable bonds is 9. The number of aryl methyl sites for hydroxylation is 1. The van der Waals surface area contributed by atoms with E-state index in [0.717, 1.165) is 5.56 Å². The summed E-state index contributed by atoms with van der Waals surface area (Å²) in [6.07, 6.45) is -0.109. The van der Waals surface area contributed by atoms with E-state index in [4.69, 9.17) is 24.5 Å². The first-order valence-electron chi connectivity index (χ1n) is 11.2. The Kier molecular flexibility index (Phi) is 9.54. The zero-order chi connectivity index (χ0) is 26.6. The SMILES string of the molecule is CC(C)(C)OC(=O)NC(C)(CCc1ccc(O)c(N)c1)C(OP=O)(OC(C)(C)C)OC(C)(C)C.